The number of benzene rings is 4. The molecule has 7 rings (SSSR count). The number of likely N-dealkylation sites (tertiary alicyclic amines) is 1. The number of imide groups is 1. The lowest BCUT2D eigenvalue weighted by Crippen LogP contribution is -2.42. The van der Waals surface area contributed by atoms with Crippen LogP contribution in [0.15, 0.2) is 97.1 Å². The van der Waals surface area contributed by atoms with Crippen LogP contribution in [0.25, 0.3) is 0 Å². The summed E-state index contributed by atoms with van der Waals surface area (Å²) in [6, 6.07) is 29.8. The van der Waals surface area contributed by atoms with Crippen LogP contribution in [0.4, 0.5) is 11.4 Å². The normalized spacial score (nSPS) is 14.4. The van der Waals surface area contributed by atoms with E-state index >= 15 is 0 Å². The zero-order chi connectivity index (χ0) is 51.0. The van der Waals surface area contributed by atoms with Crippen molar-refractivity contribution in [3.63, 3.8) is 0 Å². The SMILES string of the molecule is O=C(CCC(=O)N1Cc2ccccc2C#Cc2ccccc21)NCCOCCOCCOCCOCCOCCNC(=O)CCN1C(=O)CC(NCCC(=O)N2Cc3ccccc3C#Cc3ccccc32)C1=O. The molecule has 73 heavy (non-hydrogen) atoms. The van der Waals surface area contributed by atoms with Gasteiger partial charge >= 0.3 is 0 Å². The lowest BCUT2D eigenvalue weighted by atomic mass is 10.0. The minimum Gasteiger partial charge on any atom is -0.377 e. The Morgan fingerprint density at radius 2 is 0.890 bits per heavy atom. The highest BCUT2D eigenvalue weighted by molar-refractivity contribution is 6.06. The molecule has 382 valence electrons. The van der Waals surface area contributed by atoms with E-state index in [1.165, 1.54) is 0 Å². The Bertz CT molecular complexity index is 2690. The first-order valence-corrected chi connectivity index (χ1v) is 24.7. The summed E-state index contributed by atoms with van der Waals surface area (Å²) in [7, 11) is 0. The zero-order valence-corrected chi connectivity index (χ0v) is 41.0. The van der Waals surface area contributed by atoms with Gasteiger partial charge in [0.25, 0.3) is 0 Å². The van der Waals surface area contributed by atoms with Gasteiger partial charge in [0.15, 0.2) is 0 Å². The Balaban J connectivity index is 0.633. The maximum atomic E-state index is 13.5. The van der Waals surface area contributed by atoms with Crippen molar-refractivity contribution in [2.24, 2.45) is 0 Å². The summed E-state index contributed by atoms with van der Waals surface area (Å²) in [4.78, 5) is 82.1. The molecule has 6 amide bonds. The molecule has 0 radical (unpaired) electrons. The summed E-state index contributed by atoms with van der Waals surface area (Å²) < 4.78 is 27.6. The van der Waals surface area contributed by atoms with Gasteiger partial charge in [0.2, 0.25) is 35.4 Å². The summed E-state index contributed by atoms with van der Waals surface area (Å²) in [5, 5.41) is 8.62. The van der Waals surface area contributed by atoms with Gasteiger partial charge in [-0.15, -0.1) is 0 Å². The van der Waals surface area contributed by atoms with Crippen molar-refractivity contribution in [2.75, 3.05) is 102 Å². The molecule has 0 saturated carbocycles. The first-order valence-electron chi connectivity index (χ1n) is 24.7. The van der Waals surface area contributed by atoms with Crippen molar-refractivity contribution in [1.29, 1.82) is 0 Å². The molecule has 3 aliphatic rings. The van der Waals surface area contributed by atoms with Crippen LogP contribution in [-0.2, 0) is 65.5 Å². The van der Waals surface area contributed by atoms with E-state index in [-0.39, 0.29) is 87.9 Å². The van der Waals surface area contributed by atoms with Gasteiger partial charge < -0.3 is 49.4 Å². The molecule has 3 heterocycles. The Labute approximate surface area is 426 Å². The highest BCUT2D eigenvalue weighted by atomic mass is 16.6. The first kappa shape index (κ1) is 53.6. The molecule has 1 fully saturated rings. The molecule has 0 bridgehead atoms. The fourth-order valence-electron chi connectivity index (χ4n) is 8.23. The second-order valence-corrected chi connectivity index (χ2v) is 17.2. The molecule has 4 aromatic carbocycles. The number of amides is 6. The number of para-hydroxylation sites is 2. The van der Waals surface area contributed by atoms with Crippen LogP contribution < -0.4 is 25.8 Å². The van der Waals surface area contributed by atoms with E-state index in [1.807, 2.05) is 97.1 Å². The molecule has 0 spiro atoms. The summed E-state index contributed by atoms with van der Waals surface area (Å²) in [6.07, 6.45) is 0.154. The van der Waals surface area contributed by atoms with Gasteiger partial charge in [0.05, 0.1) is 103 Å². The molecule has 1 atom stereocenters. The second kappa shape index (κ2) is 28.7. The van der Waals surface area contributed by atoms with Crippen LogP contribution >= 0.6 is 0 Å². The maximum absolute atomic E-state index is 13.5. The van der Waals surface area contributed by atoms with Crippen molar-refractivity contribution in [3.8, 4) is 23.7 Å². The quantitative estimate of drug-likeness (QED) is 0.0427. The van der Waals surface area contributed by atoms with E-state index in [4.69, 9.17) is 23.7 Å². The number of hydrogen-bond donors (Lipinski definition) is 3. The standard InChI is InChI=1S/C56H62N6O11/c63-51(21-22-53(65)61-40-46-13-3-1-9-42(46)17-19-44-11-5-7-15-49(44)61)58-26-29-69-31-33-71-35-37-73-38-36-72-34-32-70-30-27-59-52(64)24-28-60-55(67)39-48(56(60)68)57-25-23-54(66)62-41-47-14-4-2-10-43(47)18-20-45-12-6-8-16-50(45)62/h1-16,48,57H,21-41H2,(H,58,63)(H,59,64). The van der Waals surface area contributed by atoms with Crippen molar-refractivity contribution in [3.05, 3.63) is 130 Å². The lowest BCUT2D eigenvalue weighted by Gasteiger charge is -2.26. The van der Waals surface area contributed by atoms with E-state index < -0.39 is 11.9 Å². The van der Waals surface area contributed by atoms with Crippen molar-refractivity contribution >= 4 is 46.8 Å². The fraction of sp³-hybridized carbons (Fsp3) is 0.393. The van der Waals surface area contributed by atoms with Gasteiger partial charge in [-0.1, -0.05) is 84.3 Å². The second-order valence-electron chi connectivity index (χ2n) is 17.2. The van der Waals surface area contributed by atoms with Gasteiger partial charge in [-0.05, 0) is 47.5 Å². The number of rotatable bonds is 28. The zero-order valence-electron chi connectivity index (χ0n) is 41.0. The first-order chi connectivity index (χ1) is 35.7. The minimum absolute atomic E-state index is 0.0386. The van der Waals surface area contributed by atoms with Gasteiger partial charge in [-0.2, -0.15) is 0 Å². The topological polar surface area (TPSA) is 194 Å². The monoisotopic (exact) mass is 994 g/mol. The molecule has 1 saturated heterocycles. The molecule has 1 unspecified atom stereocenters. The molecule has 17 nitrogen and oxygen atoms in total. The number of ether oxygens (including phenoxy) is 5. The number of hydrogen-bond acceptors (Lipinski definition) is 12. The van der Waals surface area contributed by atoms with E-state index in [9.17, 15) is 28.8 Å². The largest absolute Gasteiger partial charge is 0.377 e. The van der Waals surface area contributed by atoms with E-state index in [0.29, 0.717) is 79.1 Å². The highest BCUT2D eigenvalue weighted by Gasteiger charge is 2.38. The van der Waals surface area contributed by atoms with Gasteiger partial charge in [-0.25, -0.2) is 0 Å². The van der Waals surface area contributed by atoms with Crippen LogP contribution in [0.3, 0.4) is 0 Å². The summed E-state index contributed by atoms with van der Waals surface area (Å²) in [6.45, 7) is 4.99. The molecule has 3 aliphatic heterocycles. The highest BCUT2D eigenvalue weighted by Crippen LogP contribution is 2.28. The third-order valence-corrected chi connectivity index (χ3v) is 12.1. The average molecular weight is 995 g/mol. The van der Waals surface area contributed by atoms with Crippen LogP contribution in [0.1, 0.15) is 65.5 Å². The Morgan fingerprint density at radius 3 is 1.40 bits per heavy atom. The Morgan fingerprint density at radius 1 is 0.479 bits per heavy atom. The number of nitrogens with one attached hydrogen (secondary N) is 3. The fourth-order valence-corrected chi connectivity index (χ4v) is 8.23. The smallest absolute Gasteiger partial charge is 0.246 e. The summed E-state index contributed by atoms with van der Waals surface area (Å²) in [5.74, 6) is 11.2. The van der Waals surface area contributed by atoms with E-state index in [1.54, 1.807) is 9.80 Å². The third kappa shape index (κ3) is 16.4. The van der Waals surface area contributed by atoms with Crippen LogP contribution in [-0.4, -0.2) is 139 Å². The minimum atomic E-state index is -0.765. The van der Waals surface area contributed by atoms with Gasteiger partial charge in [-0.3, -0.25) is 33.7 Å². The maximum Gasteiger partial charge on any atom is 0.246 e. The molecule has 4 aromatic rings. The van der Waals surface area contributed by atoms with Crippen molar-refractivity contribution in [1.82, 2.24) is 20.9 Å². The summed E-state index contributed by atoms with van der Waals surface area (Å²) in [5.41, 5.74) is 6.63. The van der Waals surface area contributed by atoms with E-state index in [0.717, 1.165) is 49.7 Å². The van der Waals surface area contributed by atoms with Gasteiger partial charge in [0, 0.05) is 74.1 Å². The molecule has 3 N–H and O–H groups in total. The average Bonchev–Trinajstić information content (AvgIpc) is 3.66. The van der Waals surface area contributed by atoms with Gasteiger partial charge in [0.1, 0.15) is 0 Å². The number of anilines is 2. The van der Waals surface area contributed by atoms with E-state index in [2.05, 4.69) is 39.6 Å². The van der Waals surface area contributed by atoms with Crippen LogP contribution in [0.5, 0.6) is 0 Å². The number of carbonyl (C=O) groups is 6. The van der Waals surface area contributed by atoms with Crippen molar-refractivity contribution in [2.45, 2.75) is 51.2 Å². The molecule has 0 aromatic heterocycles. The number of fused-ring (bicyclic) bond motifs is 4. The lowest BCUT2D eigenvalue weighted by molar-refractivity contribution is -0.139. The van der Waals surface area contributed by atoms with Crippen LogP contribution in [0.2, 0.25) is 0 Å². The Hall–Kier alpha value is -7.22. The predicted octanol–water partition coefficient (Wildman–Crippen LogP) is 3.47. The van der Waals surface area contributed by atoms with Crippen molar-refractivity contribution < 1.29 is 52.5 Å². The molecular weight excluding hydrogens is 933 g/mol. The third-order valence-electron chi connectivity index (χ3n) is 12.1. The molecule has 17 heteroatoms. The molecular formula is C56H62N6O11. The number of nitrogens with zero attached hydrogens (tertiary/aromatic N) is 3. The van der Waals surface area contributed by atoms with Crippen LogP contribution in [0, 0.1) is 23.7 Å². The molecule has 0 aliphatic carbocycles. The predicted molar refractivity (Wildman–Crippen MR) is 272 cm³/mol. The Kier molecular flexibility index (Phi) is 21.1. The summed E-state index contributed by atoms with van der Waals surface area (Å²) >= 11 is 0. The number of carbonyl (C=O) groups excluding carboxylic acids is 6.